The fourth-order valence-corrected chi connectivity index (χ4v) is 4.73. The van der Waals surface area contributed by atoms with E-state index in [1.165, 1.54) is 0 Å². The first-order valence-electron chi connectivity index (χ1n) is 12.4. The van der Waals surface area contributed by atoms with Gasteiger partial charge in [0.15, 0.2) is 5.82 Å². The van der Waals surface area contributed by atoms with Gasteiger partial charge in [-0.15, -0.1) is 0 Å². The third kappa shape index (κ3) is 4.98. The number of carbonyl (C=O) groups excluding carboxylic acids is 1. The molecular formula is C28H31N5O3. The molecule has 8 heteroatoms. The van der Waals surface area contributed by atoms with Gasteiger partial charge in [0, 0.05) is 43.2 Å². The van der Waals surface area contributed by atoms with E-state index in [9.17, 15) is 4.79 Å². The number of hydrogen-bond donors (Lipinski definition) is 1. The van der Waals surface area contributed by atoms with E-state index in [0.29, 0.717) is 19.7 Å². The Morgan fingerprint density at radius 1 is 1.17 bits per heavy atom. The molecule has 2 aromatic carbocycles. The number of methoxy groups -OCH3 is 1. The number of hydrogen-bond acceptors (Lipinski definition) is 6. The normalized spacial score (nSPS) is 15.6. The largest absolute Gasteiger partial charge is 0.497 e. The van der Waals surface area contributed by atoms with Crippen molar-refractivity contribution in [1.29, 1.82) is 0 Å². The third-order valence-electron chi connectivity index (χ3n) is 6.55. The highest BCUT2D eigenvalue weighted by Gasteiger charge is 2.28. The fourth-order valence-electron chi connectivity index (χ4n) is 4.73. The summed E-state index contributed by atoms with van der Waals surface area (Å²) in [4.78, 5) is 20.0. The second-order valence-corrected chi connectivity index (χ2v) is 8.89. The Morgan fingerprint density at radius 3 is 2.92 bits per heavy atom. The van der Waals surface area contributed by atoms with Gasteiger partial charge in [-0.2, -0.15) is 5.10 Å². The Labute approximate surface area is 210 Å². The smallest absolute Gasteiger partial charge is 0.225 e. The number of ether oxygens (including phenoxy) is 2. The lowest BCUT2D eigenvalue weighted by molar-refractivity contribution is -0.125. The number of carbonyl (C=O) groups is 1. The van der Waals surface area contributed by atoms with Crippen LogP contribution in [-0.4, -0.2) is 47.3 Å². The standard InChI is InChI=1S/C28H31N5O3/c1-3-36-26-12-5-4-8-21(26)18-30-28(34)22-10-7-14-32(19-22)27-25-17-24(31-33(25)15-13-29-27)20-9-6-11-23(16-20)35-2/h4-6,8-9,11-13,15-17,22H,3,7,10,14,18-19H2,1-2H3,(H,30,34). The van der Waals surface area contributed by atoms with Crippen LogP contribution in [0.4, 0.5) is 5.82 Å². The molecule has 1 aliphatic heterocycles. The van der Waals surface area contributed by atoms with Crippen molar-refractivity contribution in [1.82, 2.24) is 19.9 Å². The van der Waals surface area contributed by atoms with Crippen LogP contribution in [0.2, 0.25) is 0 Å². The molecule has 1 aliphatic rings. The zero-order chi connectivity index (χ0) is 24.9. The van der Waals surface area contributed by atoms with Crippen LogP contribution in [0, 0.1) is 5.92 Å². The monoisotopic (exact) mass is 485 g/mol. The number of amides is 1. The average Bonchev–Trinajstić information content (AvgIpc) is 3.37. The van der Waals surface area contributed by atoms with E-state index < -0.39 is 0 Å². The molecule has 3 heterocycles. The first-order chi connectivity index (χ1) is 17.7. The first kappa shape index (κ1) is 23.7. The molecule has 186 valence electrons. The predicted molar refractivity (Wildman–Crippen MR) is 139 cm³/mol. The highest BCUT2D eigenvalue weighted by atomic mass is 16.5. The van der Waals surface area contributed by atoms with Gasteiger partial charge in [0.25, 0.3) is 0 Å². The van der Waals surface area contributed by atoms with Gasteiger partial charge in [0.2, 0.25) is 5.91 Å². The molecule has 2 aromatic heterocycles. The molecule has 4 aromatic rings. The lowest BCUT2D eigenvalue weighted by Crippen LogP contribution is -2.43. The molecule has 1 N–H and O–H groups in total. The van der Waals surface area contributed by atoms with Crippen molar-refractivity contribution in [2.75, 3.05) is 31.7 Å². The van der Waals surface area contributed by atoms with E-state index >= 15 is 0 Å². The quantitative estimate of drug-likeness (QED) is 0.400. The van der Waals surface area contributed by atoms with Gasteiger partial charge in [-0.05, 0) is 44.0 Å². The Hall–Kier alpha value is -4.07. The molecule has 1 atom stereocenters. The third-order valence-corrected chi connectivity index (χ3v) is 6.55. The summed E-state index contributed by atoms with van der Waals surface area (Å²) in [5, 5.41) is 7.88. The number of para-hydroxylation sites is 1. The molecule has 0 saturated carbocycles. The highest BCUT2D eigenvalue weighted by Crippen LogP contribution is 2.29. The van der Waals surface area contributed by atoms with Gasteiger partial charge >= 0.3 is 0 Å². The molecule has 0 radical (unpaired) electrons. The van der Waals surface area contributed by atoms with Crippen LogP contribution in [0.25, 0.3) is 16.8 Å². The number of fused-ring (bicyclic) bond motifs is 1. The second-order valence-electron chi connectivity index (χ2n) is 8.89. The van der Waals surface area contributed by atoms with E-state index in [-0.39, 0.29) is 11.8 Å². The molecule has 36 heavy (non-hydrogen) atoms. The maximum atomic E-state index is 13.1. The van der Waals surface area contributed by atoms with Crippen molar-refractivity contribution < 1.29 is 14.3 Å². The van der Waals surface area contributed by atoms with E-state index in [1.54, 1.807) is 13.3 Å². The number of anilines is 1. The molecule has 8 nitrogen and oxygen atoms in total. The van der Waals surface area contributed by atoms with Gasteiger partial charge in [-0.1, -0.05) is 30.3 Å². The van der Waals surface area contributed by atoms with Crippen molar-refractivity contribution in [2.45, 2.75) is 26.3 Å². The summed E-state index contributed by atoms with van der Waals surface area (Å²) >= 11 is 0. The number of nitrogens with zero attached hydrogens (tertiary/aromatic N) is 4. The predicted octanol–water partition coefficient (Wildman–Crippen LogP) is 4.34. The minimum atomic E-state index is -0.110. The van der Waals surface area contributed by atoms with Gasteiger partial charge in [0.05, 0.1) is 25.3 Å². The maximum absolute atomic E-state index is 13.1. The number of piperidine rings is 1. The lowest BCUT2D eigenvalue weighted by Gasteiger charge is -2.33. The molecule has 1 fully saturated rings. The Kier molecular flexibility index (Phi) is 7.02. The number of nitrogens with one attached hydrogen (secondary N) is 1. The minimum absolute atomic E-state index is 0.0588. The molecule has 1 unspecified atom stereocenters. The summed E-state index contributed by atoms with van der Waals surface area (Å²) in [6, 6.07) is 17.7. The number of rotatable bonds is 8. The molecule has 0 bridgehead atoms. The summed E-state index contributed by atoms with van der Waals surface area (Å²) in [5.41, 5.74) is 3.73. The highest BCUT2D eigenvalue weighted by molar-refractivity contribution is 5.81. The average molecular weight is 486 g/mol. The van der Waals surface area contributed by atoms with E-state index in [1.807, 2.05) is 72.2 Å². The number of benzene rings is 2. The zero-order valence-corrected chi connectivity index (χ0v) is 20.7. The molecule has 1 saturated heterocycles. The van der Waals surface area contributed by atoms with Gasteiger partial charge in [-0.3, -0.25) is 4.79 Å². The Morgan fingerprint density at radius 2 is 2.06 bits per heavy atom. The van der Waals surface area contributed by atoms with Crippen LogP contribution in [0.15, 0.2) is 67.0 Å². The summed E-state index contributed by atoms with van der Waals surface area (Å²) in [7, 11) is 1.66. The van der Waals surface area contributed by atoms with Gasteiger partial charge in [-0.25, -0.2) is 9.50 Å². The molecule has 0 spiro atoms. The van der Waals surface area contributed by atoms with Crippen LogP contribution in [-0.2, 0) is 11.3 Å². The van der Waals surface area contributed by atoms with Crippen molar-refractivity contribution >= 4 is 17.2 Å². The second kappa shape index (κ2) is 10.7. The summed E-state index contributed by atoms with van der Waals surface area (Å²) in [6.07, 6.45) is 5.39. The van der Waals surface area contributed by atoms with Gasteiger partial charge < -0.3 is 19.7 Å². The lowest BCUT2D eigenvalue weighted by atomic mass is 9.97. The van der Waals surface area contributed by atoms with Crippen molar-refractivity contribution in [3.8, 4) is 22.8 Å². The van der Waals surface area contributed by atoms with Crippen LogP contribution >= 0.6 is 0 Å². The van der Waals surface area contributed by atoms with Crippen molar-refractivity contribution in [2.24, 2.45) is 5.92 Å². The van der Waals surface area contributed by atoms with Crippen molar-refractivity contribution in [3.63, 3.8) is 0 Å². The van der Waals surface area contributed by atoms with Crippen molar-refractivity contribution in [3.05, 3.63) is 72.6 Å². The van der Waals surface area contributed by atoms with E-state index in [0.717, 1.165) is 59.0 Å². The minimum Gasteiger partial charge on any atom is -0.497 e. The van der Waals surface area contributed by atoms with Gasteiger partial charge in [0.1, 0.15) is 17.0 Å². The zero-order valence-electron chi connectivity index (χ0n) is 20.7. The molecular weight excluding hydrogens is 454 g/mol. The summed E-state index contributed by atoms with van der Waals surface area (Å²) in [6.45, 7) is 4.47. The molecule has 1 amide bonds. The maximum Gasteiger partial charge on any atom is 0.225 e. The molecule has 5 rings (SSSR count). The fraction of sp³-hybridized carbons (Fsp3) is 0.321. The first-order valence-corrected chi connectivity index (χ1v) is 12.4. The Balaban J connectivity index is 1.32. The SMILES string of the molecule is CCOc1ccccc1CNC(=O)C1CCCN(c2nccn3nc(-c4cccc(OC)c4)cc23)C1. The van der Waals surface area contributed by atoms with Crippen LogP contribution in [0.1, 0.15) is 25.3 Å². The summed E-state index contributed by atoms with van der Waals surface area (Å²) in [5.74, 6) is 2.40. The Bertz CT molecular complexity index is 1350. The van der Waals surface area contributed by atoms with E-state index in [2.05, 4.69) is 15.2 Å². The van der Waals surface area contributed by atoms with Crippen LogP contribution in [0.5, 0.6) is 11.5 Å². The molecule has 0 aliphatic carbocycles. The van der Waals surface area contributed by atoms with E-state index in [4.69, 9.17) is 14.6 Å². The van der Waals surface area contributed by atoms with Crippen LogP contribution < -0.4 is 19.7 Å². The summed E-state index contributed by atoms with van der Waals surface area (Å²) < 4.78 is 12.9. The number of aromatic nitrogens is 3. The van der Waals surface area contributed by atoms with Crippen LogP contribution in [0.3, 0.4) is 0 Å². The topological polar surface area (TPSA) is 81.0 Å².